The van der Waals surface area contributed by atoms with Gasteiger partial charge in [-0.15, -0.1) is 0 Å². The molecule has 2 aromatic carbocycles. The van der Waals surface area contributed by atoms with Crippen LogP contribution in [0.4, 0.5) is 0 Å². The molecule has 0 saturated carbocycles. The Bertz CT molecular complexity index is 765. The lowest BCUT2D eigenvalue weighted by atomic mass is 9.86. The van der Waals surface area contributed by atoms with Gasteiger partial charge in [0.05, 0.1) is 0 Å². The fourth-order valence-corrected chi connectivity index (χ4v) is 8.77. The van der Waals surface area contributed by atoms with E-state index in [2.05, 4.69) is 130 Å². The minimum atomic E-state index is -0.451. The minimum absolute atomic E-state index is 0.451. The molecule has 21 heavy (non-hydrogen) atoms. The van der Waals surface area contributed by atoms with E-state index in [1.165, 1.54) is 22.3 Å². The van der Waals surface area contributed by atoms with Crippen molar-refractivity contribution in [1.82, 2.24) is 0 Å². The molecule has 0 heterocycles. The summed E-state index contributed by atoms with van der Waals surface area (Å²) in [5.74, 6) is 0. The Morgan fingerprint density at radius 2 is 1.38 bits per heavy atom. The quantitative estimate of drug-likeness (QED) is 0.145. The average molecular weight is 733 g/mol. The van der Waals surface area contributed by atoms with Crippen molar-refractivity contribution in [3.05, 3.63) is 62.8 Å². The van der Waals surface area contributed by atoms with E-state index in [9.17, 15) is 0 Å². The van der Waals surface area contributed by atoms with Gasteiger partial charge in [-0.25, -0.2) is 0 Å². The molecule has 0 atom stereocenters. The molecule has 0 nitrogen and oxygen atoms in total. The highest BCUT2D eigenvalue weighted by Gasteiger charge is 2.41. The van der Waals surface area contributed by atoms with E-state index in [1.54, 1.807) is 0 Å². The van der Waals surface area contributed by atoms with E-state index in [0.717, 1.165) is 28.8 Å². The van der Waals surface area contributed by atoms with E-state index in [-0.39, 0.29) is 0 Å². The Balaban J connectivity index is 2.43. The van der Waals surface area contributed by atoms with E-state index >= 15 is 0 Å². The molecule has 1 aliphatic carbocycles. The molecule has 1 aliphatic rings. The first-order valence-electron chi connectivity index (χ1n) is 5.77. The number of hydrogen-bond donors (Lipinski definition) is 0. The molecule has 0 unspecified atom stereocenters. The highest BCUT2D eigenvalue weighted by atomic mass is 79.9. The maximum absolute atomic E-state index is 3.88. The summed E-state index contributed by atoms with van der Waals surface area (Å²) in [6, 6.07) is 6.30. The largest absolute Gasteiger partial charge is 0.133 e. The zero-order chi connectivity index (χ0) is 15.5. The van der Waals surface area contributed by atoms with Crippen molar-refractivity contribution >= 4 is 112 Å². The van der Waals surface area contributed by atoms with Gasteiger partial charge in [-0.05, 0) is 87.3 Å². The SMILES string of the molecule is Brc1cccc2c1C(Br)(Br)c1c(Br)c(Br)c(Br)c(Br)c1C2. The van der Waals surface area contributed by atoms with Crippen LogP contribution < -0.4 is 0 Å². The number of benzene rings is 2. The third-order valence-corrected chi connectivity index (χ3v) is 10.6. The highest BCUT2D eigenvalue weighted by Crippen LogP contribution is 2.58. The lowest BCUT2D eigenvalue weighted by Gasteiger charge is -2.35. The Labute approximate surface area is 181 Å². The first-order valence-corrected chi connectivity index (χ1v) is 11.3. The summed E-state index contributed by atoms with van der Waals surface area (Å²) in [4.78, 5) is 0. The van der Waals surface area contributed by atoms with E-state index < -0.39 is 3.23 Å². The monoisotopic (exact) mass is 725 g/mol. The normalized spacial score (nSPS) is 15.6. The van der Waals surface area contributed by atoms with Gasteiger partial charge in [0.1, 0.15) is 3.23 Å². The predicted octanol–water partition coefficient (Wildman–Crippen LogP) is 8.39. The summed E-state index contributed by atoms with van der Waals surface area (Å²) < 4.78 is 4.74. The van der Waals surface area contributed by atoms with Gasteiger partial charge in [0, 0.05) is 33.5 Å². The van der Waals surface area contributed by atoms with Gasteiger partial charge in [-0.3, -0.25) is 0 Å². The van der Waals surface area contributed by atoms with Crippen molar-refractivity contribution in [2.24, 2.45) is 0 Å². The Kier molecular flexibility index (Phi) is 5.26. The van der Waals surface area contributed by atoms with Crippen LogP contribution in [0.5, 0.6) is 0 Å². The molecule has 0 saturated heterocycles. The summed E-state index contributed by atoms with van der Waals surface area (Å²) in [6.45, 7) is 0. The Morgan fingerprint density at radius 3 is 2.05 bits per heavy atom. The number of hydrogen-bond acceptors (Lipinski definition) is 0. The zero-order valence-electron chi connectivity index (χ0n) is 10.1. The number of fused-ring (bicyclic) bond motifs is 2. The molecular weight excluding hydrogens is 727 g/mol. The standard InChI is InChI=1S/C14H5Br7/c15-7-3-1-2-5-4-6-9(14(20,21)8(5)7)11(17)13(19)12(18)10(6)16/h1-3H,4H2. The van der Waals surface area contributed by atoms with Gasteiger partial charge in [0.25, 0.3) is 0 Å². The first-order chi connectivity index (χ1) is 9.76. The van der Waals surface area contributed by atoms with E-state index in [4.69, 9.17) is 0 Å². The van der Waals surface area contributed by atoms with Crippen molar-refractivity contribution in [2.75, 3.05) is 0 Å². The number of alkyl halides is 2. The maximum atomic E-state index is 3.88. The molecule has 0 radical (unpaired) electrons. The summed E-state index contributed by atoms with van der Waals surface area (Å²) in [5, 5.41) is 0. The molecule has 0 aliphatic heterocycles. The second-order valence-electron chi connectivity index (χ2n) is 4.63. The van der Waals surface area contributed by atoms with Crippen molar-refractivity contribution in [3.8, 4) is 0 Å². The zero-order valence-corrected chi connectivity index (χ0v) is 21.2. The second-order valence-corrected chi connectivity index (χ2v) is 12.1. The molecule has 0 fully saturated rings. The third-order valence-electron chi connectivity index (χ3n) is 3.46. The second kappa shape index (κ2) is 6.26. The van der Waals surface area contributed by atoms with Gasteiger partial charge in [-0.1, -0.05) is 59.9 Å². The smallest absolute Gasteiger partial charge is 0.0619 e. The van der Waals surface area contributed by atoms with E-state index in [0.29, 0.717) is 0 Å². The molecule has 0 N–H and O–H groups in total. The molecule has 2 aromatic rings. The molecule has 0 bridgehead atoms. The Hall–Kier alpha value is 1.80. The molecule has 0 spiro atoms. The molecule has 0 amide bonds. The van der Waals surface area contributed by atoms with Crippen LogP contribution >= 0.6 is 112 Å². The van der Waals surface area contributed by atoms with Gasteiger partial charge < -0.3 is 0 Å². The minimum Gasteiger partial charge on any atom is -0.0619 e. The van der Waals surface area contributed by atoms with Crippen LogP contribution in [0.15, 0.2) is 40.6 Å². The molecule has 7 heteroatoms. The lowest BCUT2D eigenvalue weighted by molar-refractivity contribution is 0.937. The summed E-state index contributed by atoms with van der Waals surface area (Å²) in [6.07, 6.45) is 0.869. The highest BCUT2D eigenvalue weighted by molar-refractivity contribution is 9.25. The van der Waals surface area contributed by atoms with Crippen LogP contribution in [-0.2, 0) is 9.65 Å². The molecule has 3 rings (SSSR count). The van der Waals surface area contributed by atoms with Crippen molar-refractivity contribution in [3.63, 3.8) is 0 Å². The molecule has 110 valence electrons. The van der Waals surface area contributed by atoms with Crippen molar-refractivity contribution in [2.45, 2.75) is 9.65 Å². The maximum Gasteiger partial charge on any atom is 0.133 e. The van der Waals surface area contributed by atoms with Crippen LogP contribution in [0.1, 0.15) is 22.3 Å². The van der Waals surface area contributed by atoms with Crippen LogP contribution in [0.2, 0.25) is 0 Å². The van der Waals surface area contributed by atoms with Crippen LogP contribution in [0.3, 0.4) is 0 Å². The van der Waals surface area contributed by atoms with Gasteiger partial charge in [0.2, 0.25) is 0 Å². The van der Waals surface area contributed by atoms with Gasteiger partial charge in [-0.2, -0.15) is 0 Å². The topological polar surface area (TPSA) is 0 Å². The van der Waals surface area contributed by atoms with Gasteiger partial charge in [0.15, 0.2) is 0 Å². The van der Waals surface area contributed by atoms with Crippen molar-refractivity contribution < 1.29 is 0 Å². The van der Waals surface area contributed by atoms with Crippen molar-refractivity contribution in [1.29, 1.82) is 0 Å². The van der Waals surface area contributed by atoms with E-state index in [1.807, 2.05) is 0 Å². The third kappa shape index (κ3) is 2.74. The summed E-state index contributed by atoms with van der Waals surface area (Å²) in [7, 11) is 0. The van der Waals surface area contributed by atoms with Crippen LogP contribution in [0, 0.1) is 0 Å². The Morgan fingerprint density at radius 1 is 0.762 bits per heavy atom. The number of rotatable bonds is 0. The summed E-state index contributed by atoms with van der Waals surface area (Å²) >= 11 is 26.2. The lowest BCUT2D eigenvalue weighted by Crippen LogP contribution is -2.23. The summed E-state index contributed by atoms with van der Waals surface area (Å²) in [5.41, 5.74) is 4.91. The predicted molar refractivity (Wildman–Crippen MR) is 113 cm³/mol. The average Bonchev–Trinajstić information content (AvgIpc) is 2.41. The fourth-order valence-electron chi connectivity index (χ4n) is 2.55. The number of halogens is 7. The first kappa shape index (κ1) is 17.6. The van der Waals surface area contributed by atoms with Gasteiger partial charge >= 0.3 is 0 Å². The van der Waals surface area contributed by atoms with Crippen LogP contribution in [0.25, 0.3) is 0 Å². The van der Waals surface area contributed by atoms with Crippen LogP contribution in [-0.4, -0.2) is 0 Å². The molecular formula is C14H5Br7. The fraction of sp³-hybridized carbons (Fsp3) is 0.143. The molecule has 0 aromatic heterocycles.